The number of nitrogen functional groups attached to an aromatic ring is 1. The quantitative estimate of drug-likeness (QED) is 0.241. The third-order valence-electron chi connectivity index (χ3n) is 7.31. The number of hydrogen-bond acceptors (Lipinski definition) is 6. The van der Waals surface area contributed by atoms with Crippen LogP contribution in [0.25, 0.3) is 21.9 Å². The lowest BCUT2D eigenvalue weighted by Crippen LogP contribution is -2.27. The number of anilines is 1. The van der Waals surface area contributed by atoms with Gasteiger partial charge >= 0.3 is 0 Å². The normalized spacial score (nSPS) is 17.1. The molecule has 1 saturated heterocycles. The van der Waals surface area contributed by atoms with Crippen molar-refractivity contribution >= 4 is 51.0 Å². The van der Waals surface area contributed by atoms with Crippen molar-refractivity contribution in [3.8, 4) is 11.8 Å². The summed E-state index contributed by atoms with van der Waals surface area (Å²) in [6, 6.07) is 4.16. The predicted octanol–water partition coefficient (Wildman–Crippen LogP) is 4.22. The van der Waals surface area contributed by atoms with E-state index in [4.69, 9.17) is 27.4 Å². The number of carbonyl (C=O) groups excluding carboxylic acids is 2. The zero-order chi connectivity index (χ0) is 26.7. The number of aryl methyl sites for hydroxylation is 1. The number of nitrogens with two attached hydrogens (primary N) is 1. The molecule has 4 heterocycles. The Morgan fingerprint density at radius 1 is 1.21 bits per heavy atom. The second-order valence-corrected chi connectivity index (χ2v) is 10.3. The molecule has 2 fully saturated rings. The summed E-state index contributed by atoms with van der Waals surface area (Å²) in [5, 5.41) is 5.84. The summed E-state index contributed by atoms with van der Waals surface area (Å²) in [4.78, 5) is 35.4. The van der Waals surface area contributed by atoms with Crippen LogP contribution in [-0.2, 0) is 4.79 Å². The molecule has 4 aromatic rings. The molecule has 10 heteroatoms. The average molecular weight is 528 g/mol. The highest BCUT2D eigenvalue weighted by Crippen LogP contribution is 2.39. The number of fused-ring (bicyclic) bond motifs is 2. The van der Waals surface area contributed by atoms with Gasteiger partial charge in [0.15, 0.2) is 5.78 Å². The highest BCUT2D eigenvalue weighted by molar-refractivity contribution is 6.32. The number of imidazole rings is 1. The first-order valence-corrected chi connectivity index (χ1v) is 12.9. The number of nitrogens with zero attached hydrogens (tertiary/aromatic N) is 6. The summed E-state index contributed by atoms with van der Waals surface area (Å²) < 4.78 is 4.02. The van der Waals surface area contributed by atoms with Gasteiger partial charge in [-0.1, -0.05) is 24.1 Å². The lowest BCUT2D eigenvalue weighted by atomic mass is 10.1. The van der Waals surface area contributed by atoms with Crippen LogP contribution in [0.5, 0.6) is 0 Å². The molecule has 6 rings (SSSR count). The van der Waals surface area contributed by atoms with E-state index in [-0.39, 0.29) is 23.6 Å². The van der Waals surface area contributed by atoms with Gasteiger partial charge in [-0.25, -0.2) is 9.97 Å². The molecular formula is C28H26ClN7O2. The van der Waals surface area contributed by atoms with E-state index in [9.17, 15) is 9.59 Å². The van der Waals surface area contributed by atoms with Crippen molar-refractivity contribution in [2.75, 3.05) is 18.8 Å². The maximum absolute atomic E-state index is 12.5. The maximum atomic E-state index is 12.5. The van der Waals surface area contributed by atoms with E-state index in [1.54, 1.807) is 9.58 Å². The molecule has 0 radical (unpaired) electrons. The fourth-order valence-corrected chi connectivity index (χ4v) is 5.53. The third kappa shape index (κ3) is 3.92. The number of rotatable bonds is 4. The van der Waals surface area contributed by atoms with Gasteiger partial charge < -0.3 is 15.2 Å². The monoisotopic (exact) mass is 527 g/mol. The molecule has 0 bridgehead atoms. The molecule has 1 aliphatic carbocycles. The molecule has 2 aliphatic rings. The molecule has 3 aromatic heterocycles. The van der Waals surface area contributed by atoms with Crippen molar-refractivity contribution in [1.82, 2.24) is 29.2 Å². The number of aromatic nitrogens is 5. The van der Waals surface area contributed by atoms with E-state index in [1.165, 1.54) is 19.2 Å². The Bertz CT molecular complexity index is 1740. The molecule has 1 saturated carbocycles. The Balaban J connectivity index is 1.47. The van der Waals surface area contributed by atoms with E-state index in [0.717, 1.165) is 29.7 Å². The molecular weight excluding hydrogens is 502 g/mol. The fraction of sp³-hybridized carbons (Fsp3) is 0.321. The Morgan fingerprint density at radius 3 is 2.71 bits per heavy atom. The van der Waals surface area contributed by atoms with Crippen molar-refractivity contribution in [2.45, 2.75) is 45.2 Å². The van der Waals surface area contributed by atoms with Crippen LogP contribution in [0.1, 0.15) is 65.7 Å². The molecule has 1 aromatic carbocycles. The number of Topliss-reactive ketones (excluding diaryl/α,β-unsaturated/α-hetero) is 1. The number of amides is 1. The van der Waals surface area contributed by atoms with Gasteiger partial charge in [0.2, 0.25) is 5.91 Å². The number of hydrogen-bond donors (Lipinski definition) is 1. The minimum atomic E-state index is -0.157. The zero-order valence-corrected chi connectivity index (χ0v) is 21.9. The van der Waals surface area contributed by atoms with Crippen molar-refractivity contribution in [3.05, 3.63) is 58.7 Å². The standard InChI is InChI=1S/C28H26ClN7O2/c1-4-25(38)34-10-9-19(14-34)36-27-20(15(2)37)13-31-28(30)26(27)22(33-36)8-5-17-11-23-24(12-21(17)29)35(16(3)32-23)18-6-7-18/h4,11-13,18-19H,1,6-7,9-10,14H2,2-3H3,(H2,30,31)/t19-/m0/s1. The van der Waals surface area contributed by atoms with Crippen molar-refractivity contribution in [3.63, 3.8) is 0 Å². The average Bonchev–Trinajstić information content (AvgIpc) is 3.32. The molecule has 1 atom stereocenters. The number of pyridine rings is 1. The Morgan fingerprint density at radius 2 is 2.00 bits per heavy atom. The minimum Gasteiger partial charge on any atom is -0.383 e. The van der Waals surface area contributed by atoms with Gasteiger partial charge in [0.05, 0.1) is 38.6 Å². The van der Waals surface area contributed by atoms with Gasteiger partial charge in [-0.15, -0.1) is 0 Å². The van der Waals surface area contributed by atoms with Gasteiger partial charge in [0.1, 0.15) is 17.3 Å². The fourth-order valence-electron chi connectivity index (χ4n) is 5.33. The number of halogens is 1. The summed E-state index contributed by atoms with van der Waals surface area (Å²) >= 11 is 6.66. The number of carbonyl (C=O) groups is 2. The van der Waals surface area contributed by atoms with Gasteiger partial charge in [0.25, 0.3) is 0 Å². The van der Waals surface area contributed by atoms with Crippen LogP contribution < -0.4 is 5.73 Å². The SMILES string of the molecule is C=CC(=O)N1CC[C@H](n2nc(C#Cc3cc4nc(C)n(C5CC5)c4cc3Cl)c3c(N)ncc(C(C)=O)c32)C1. The highest BCUT2D eigenvalue weighted by atomic mass is 35.5. The first-order valence-electron chi connectivity index (χ1n) is 12.6. The molecule has 2 N–H and O–H groups in total. The molecule has 192 valence electrons. The van der Waals surface area contributed by atoms with Gasteiger partial charge in [-0.3, -0.25) is 14.3 Å². The van der Waals surface area contributed by atoms with Gasteiger partial charge in [-0.05, 0) is 57.2 Å². The summed E-state index contributed by atoms with van der Waals surface area (Å²) in [7, 11) is 0. The first-order chi connectivity index (χ1) is 18.3. The molecule has 0 spiro atoms. The summed E-state index contributed by atoms with van der Waals surface area (Å²) in [5.41, 5.74) is 10.2. The smallest absolute Gasteiger partial charge is 0.246 e. The second kappa shape index (κ2) is 8.99. The molecule has 1 aliphatic heterocycles. The zero-order valence-electron chi connectivity index (χ0n) is 21.2. The van der Waals surface area contributed by atoms with E-state index in [0.29, 0.717) is 58.3 Å². The number of benzene rings is 1. The third-order valence-corrected chi connectivity index (χ3v) is 7.62. The first kappa shape index (κ1) is 24.2. The largest absolute Gasteiger partial charge is 0.383 e. The van der Waals surface area contributed by atoms with E-state index < -0.39 is 0 Å². The minimum absolute atomic E-state index is 0.138. The summed E-state index contributed by atoms with van der Waals surface area (Å²) in [6.45, 7) is 8.08. The van der Waals surface area contributed by atoms with Crippen LogP contribution in [0.3, 0.4) is 0 Å². The lowest BCUT2D eigenvalue weighted by molar-refractivity contribution is -0.125. The van der Waals surface area contributed by atoms with Crippen LogP contribution >= 0.6 is 11.6 Å². The maximum Gasteiger partial charge on any atom is 0.246 e. The van der Waals surface area contributed by atoms with E-state index >= 15 is 0 Å². The predicted molar refractivity (Wildman–Crippen MR) is 146 cm³/mol. The molecule has 9 nitrogen and oxygen atoms in total. The van der Waals surface area contributed by atoms with E-state index in [2.05, 4.69) is 28.0 Å². The number of likely N-dealkylation sites (tertiary alicyclic amines) is 1. The van der Waals surface area contributed by atoms with Crippen LogP contribution in [0.4, 0.5) is 5.82 Å². The topological polar surface area (TPSA) is 112 Å². The van der Waals surface area contributed by atoms with Crippen LogP contribution in [0.2, 0.25) is 5.02 Å². The van der Waals surface area contributed by atoms with Crippen LogP contribution in [0.15, 0.2) is 31.0 Å². The van der Waals surface area contributed by atoms with Crippen molar-refractivity contribution < 1.29 is 9.59 Å². The Kier molecular flexibility index (Phi) is 5.73. The molecule has 38 heavy (non-hydrogen) atoms. The van der Waals surface area contributed by atoms with Crippen LogP contribution in [-0.4, -0.2) is 54.0 Å². The van der Waals surface area contributed by atoms with E-state index in [1.807, 2.05) is 19.1 Å². The van der Waals surface area contributed by atoms with Crippen LogP contribution in [0, 0.1) is 18.8 Å². The highest BCUT2D eigenvalue weighted by Gasteiger charge is 2.31. The van der Waals surface area contributed by atoms with Gasteiger partial charge in [-0.2, -0.15) is 5.10 Å². The molecule has 1 amide bonds. The van der Waals surface area contributed by atoms with Gasteiger partial charge in [0, 0.05) is 30.9 Å². The second-order valence-electron chi connectivity index (χ2n) is 9.89. The van der Waals surface area contributed by atoms with Crippen molar-refractivity contribution in [1.29, 1.82) is 0 Å². The Labute approximate surface area is 224 Å². The summed E-state index contributed by atoms with van der Waals surface area (Å²) in [6.07, 6.45) is 5.76. The Hall–Kier alpha value is -4.16. The van der Waals surface area contributed by atoms with Crippen molar-refractivity contribution in [2.24, 2.45) is 0 Å². The molecule has 0 unspecified atom stereocenters. The number of ketones is 1. The lowest BCUT2D eigenvalue weighted by Gasteiger charge is -2.16. The summed E-state index contributed by atoms with van der Waals surface area (Å²) in [5.74, 6) is 7.18.